The zero-order valence-corrected chi connectivity index (χ0v) is 19.3. The van der Waals surface area contributed by atoms with Crippen molar-refractivity contribution in [3.63, 3.8) is 0 Å². The van der Waals surface area contributed by atoms with Crippen LogP contribution in [0.5, 0.6) is 0 Å². The lowest BCUT2D eigenvalue weighted by Gasteiger charge is -2.24. The lowest BCUT2D eigenvalue weighted by atomic mass is 10.0. The quantitative estimate of drug-likeness (QED) is 0.615. The summed E-state index contributed by atoms with van der Waals surface area (Å²) in [5, 5.41) is 8.30. The number of carbonyl (C=O) groups is 2. The summed E-state index contributed by atoms with van der Waals surface area (Å²) in [5.74, 6) is 0.615. The summed E-state index contributed by atoms with van der Waals surface area (Å²) in [6, 6.07) is 12.8. The summed E-state index contributed by atoms with van der Waals surface area (Å²) in [7, 11) is 0. The van der Waals surface area contributed by atoms with Crippen molar-refractivity contribution in [3.05, 3.63) is 53.8 Å². The number of nitrogens with zero attached hydrogens (tertiary/aromatic N) is 4. The number of carbonyl (C=O) groups excluding carboxylic acids is 2. The Balaban J connectivity index is 1.17. The molecular weight excluding hydrogens is 445 g/mol. The number of aromatic amines is 1. The molecule has 1 aromatic heterocycles. The predicted octanol–water partition coefficient (Wildman–Crippen LogP) is 3.75. The van der Waals surface area contributed by atoms with E-state index in [0.717, 1.165) is 36.7 Å². The number of rotatable bonds is 5. The SMILES string of the molecule is O=C(C1CC1)N1CC[C@@H](CN2C(=O)C3(CC3)N=C2c2ccc(-c3n[nH]c4ccccc34)cc2F)C1. The molecule has 1 spiro atoms. The first kappa shape index (κ1) is 20.8. The molecule has 1 atom stereocenters. The third-order valence-electron chi connectivity index (χ3n) is 7.86. The standard InChI is InChI=1S/C27H26FN5O2/c28-21-13-18(23-20-3-1-2-4-22(20)30-31-23)7-8-19(21)24-29-27(10-11-27)26(35)33(24)15-16-9-12-32(14-16)25(34)17-5-6-17/h1-4,7-8,13,16-17H,5-6,9-12,14-15H2,(H,30,31)/t16-/m1/s1. The van der Waals surface area contributed by atoms with Crippen LogP contribution in [0.3, 0.4) is 0 Å². The second-order valence-corrected chi connectivity index (χ2v) is 10.4. The Morgan fingerprint density at radius 2 is 1.97 bits per heavy atom. The van der Waals surface area contributed by atoms with Crippen molar-refractivity contribution in [2.24, 2.45) is 16.8 Å². The molecule has 2 aromatic carbocycles. The Labute approximate surface area is 202 Å². The Hall–Kier alpha value is -3.55. The zero-order valence-electron chi connectivity index (χ0n) is 19.3. The number of likely N-dealkylation sites (tertiary alicyclic amines) is 1. The number of nitrogens with one attached hydrogen (secondary N) is 1. The number of fused-ring (bicyclic) bond motifs is 1. The van der Waals surface area contributed by atoms with Gasteiger partial charge in [0, 0.05) is 36.5 Å². The van der Waals surface area contributed by atoms with E-state index < -0.39 is 11.4 Å². The molecule has 3 heterocycles. The summed E-state index contributed by atoms with van der Waals surface area (Å²) < 4.78 is 15.5. The second-order valence-electron chi connectivity index (χ2n) is 10.4. The minimum atomic E-state index is -0.707. The smallest absolute Gasteiger partial charge is 0.256 e. The minimum Gasteiger partial charge on any atom is -0.342 e. The van der Waals surface area contributed by atoms with Gasteiger partial charge in [0.05, 0.1) is 16.8 Å². The van der Waals surface area contributed by atoms with Crippen molar-refractivity contribution >= 4 is 28.6 Å². The number of aliphatic imine (C=N–C) groups is 1. The fourth-order valence-electron chi connectivity index (χ4n) is 5.53. The summed E-state index contributed by atoms with van der Waals surface area (Å²) >= 11 is 0. The van der Waals surface area contributed by atoms with Crippen LogP contribution in [0.25, 0.3) is 22.2 Å². The Morgan fingerprint density at radius 3 is 2.74 bits per heavy atom. The highest BCUT2D eigenvalue weighted by Gasteiger charge is 2.58. The number of benzene rings is 2. The van der Waals surface area contributed by atoms with Gasteiger partial charge in [0.25, 0.3) is 5.91 Å². The number of hydrogen-bond donors (Lipinski definition) is 1. The average Bonchev–Trinajstić information content (AvgIpc) is 3.75. The van der Waals surface area contributed by atoms with E-state index in [4.69, 9.17) is 4.99 Å². The second kappa shape index (κ2) is 7.47. The topological polar surface area (TPSA) is 81.7 Å². The molecule has 1 saturated heterocycles. The molecule has 0 unspecified atom stereocenters. The van der Waals surface area contributed by atoms with E-state index in [9.17, 15) is 9.59 Å². The third-order valence-corrected chi connectivity index (χ3v) is 7.86. The molecule has 7 nitrogen and oxygen atoms in total. The Kier molecular flexibility index (Phi) is 4.44. The Morgan fingerprint density at radius 1 is 1.14 bits per heavy atom. The van der Waals surface area contributed by atoms with Crippen LogP contribution >= 0.6 is 0 Å². The number of hydrogen-bond acceptors (Lipinski definition) is 4. The molecule has 178 valence electrons. The van der Waals surface area contributed by atoms with Gasteiger partial charge in [0.15, 0.2) is 0 Å². The van der Waals surface area contributed by atoms with Crippen molar-refractivity contribution in [2.45, 2.75) is 37.6 Å². The maximum Gasteiger partial charge on any atom is 0.256 e. The summed E-state index contributed by atoms with van der Waals surface area (Å²) in [5.41, 5.74) is 1.89. The molecule has 2 saturated carbocycles. The molecule has 0 radical (unpaired) electrons. The molecule has 2 aliphatic heterocycles. The van der Waals surface area contributed by atoms with E-state index in [1.54, 1.807) is 11.0 Å². The van der Waals surface area contributed by atoms with Gasteiger partial charge in [-0.05, 0) is 56.2 Å². The fourth-order valence-corrected chi connectivity index (χ4v) is 5.53. The zero-order chi connectivity index (χ0) is 23.7. The van der Waals surface area contributed by atoms with Gasteiger partial charge in [0.1, 0.15) is 17.2 Å². The van der Waals surface area contributed by atoms with Crippen LogP contribution in [-0.2, 0) is 9.59 Å². The van der Waals surface area contributed by atoms with E-state index >= 15 is 4.39 Å². The van der Waals surface area contributed by atoms with E-state index in [-0.39, 0.29) is 23.7 Å². The van der Waals surface area contributed by atoms with Gasteiger partial charge in [0.2, 0.25) is 5.91 Å². The molecule has 4 aliphatic rings. The van der Waals surface area contributed by atoms with Gasteiger partial charge < -0.3 is 4.90 Å². The number of halogens is 1. The molecule has 35 heavy (non-hydrogen) atoms. The van der Waals surface area contributed by atoms with Crippen molar-refractivity contribution < 1.29 is 14.0 Å². The maximum atomic E-state index is 15.5. The number of aromatic nitrogens is 2. The lowest BCUT2D eigenvalue weighted by Crippen LogP contribution is -2.41. The van der Waals surface area contributed by atoms with Crippen LogP contribution < -0.4 is 0 Å². The van der Waals surface area contributed by atoms with Crippen molar-refractivity contribution in [1.29, 1.82) is 0 Å². The molecule has 3 aromatic rings. The van der Waals surface area contributed by atoms with Crippen LogP contribution in [0.15, 0.2) is 47.5 Å². The van der Waals surface area contributed by atoms with E-state index in [1.807, 2.05) is 35.2 Å². The van der Waals surface area contributed by atoms with E-state index in [2.05, 4.69) is 10.2 Å². The van der Waals surface area contributed by atoms with Crippen LogP contribution in [0.4, 0.5) is 4.39 Å². The molecule has 2 aliphatic carbocycles. The summed E-state index contributed by atoms with van der Waals surface area (Å²) in [6.07, 6.45) is 4.26. The predicted molar refractivity (Wildman–Crippen MR) is 129 cm³/mol. The molecule has 3 fully saturated rings. The first-order valence-corrected chi connectivity index (χ1v) is 12.5. The highest BCUT2D eigenvalue weighted by atomic mass is 19.1. The number of amidine groups is 1. The van der Waals surface area contributed by atoms with Gasteiger partial charge in [-0.25, -0.2) is 4.39 Å². The van der Waals surface area contributed by atoms with Gasteiger partial charge in [-0.1, -0.05) is 24.3 Å². The number of para-hydroxylation sites is 1. The van der Waals surface area contributed by atoms with E-state index in [1.165, 1.54) is 6.07 Å². The fraction of sp³-hybridized carbons (Fsp3) is 0.407. The maximum absolute atomic E-state index is 15.5. The molecule has 2 amide bonds. The monoisotopic (exact) mass is 471 g/mol. The first-order valence-electron chi connectivity index (χ1n) is 12.5. The van der Waals surface area contributed by atoms with E-state index in [0.29, 0.717) is 48.6 Å². The van der Waals surface area contributed by atoms with Crippen molar-refractivity contribution in [1.82, 2.24) is 20.0 Å². The molecular formula is C27H26FN5O2. The highest BCUT2D eigenvalue weighted by molar-refractivity contribution is 6.16. The molecule has 7 rings (SSSR count). The van der Waals surface area contributed by atoms with Gasteiger partial charge in [-0.2, -0.15) is 5.10 Å². The lowest BCUT2D eigenvalue weighted by molar-refractivity contribution is -0.131. The van der Waals surface area contributed by atoms with Gasteiger partial charge in [-0.3, -0.25) is 24.6 Å². The first-order chi connectivity index (χ1) is 17.0. The highest BCUT2D eigenvalue weighted by Crippen LogP contribution is 2.46. The van der Waals surface area contributed by atoms with Crippen molar-refractivity contribution in [3.8, 4) is 11.3 Å². The number of amides is 2. The van der Waals surface area contributed by atoms with Crippen LogP contribution in [0, 0.1) is 17.7 Å². The molecule has 8 heteroatoms. The van der Waals surface area contributed by atoms with Gasteiger partial charge >= 0.3 is 0 Å². The minimum absolute atomic E-state index is 0.0266. The average molecular weight is 472 g/mol. The number of H-pyrrole nitrogens is 1. The Bertz CT molecular complexity index is 1400. The third kappa shape index (κ3) is 3.38. The van der Waals surface area contributed by atoms with Crippen LogP contribution in [0.2, 0.25) is 0 Å². The van der Waals surface area contributed by atoms with Crippen LogP contribution in [-0.4, -0.2) is 62.8 Å². The largest absolute Gasteiger partial charge is 0.342 e. The normalized spacial score (nSPS) is 22.9. The molecule has 1 N–H and O–H groups in total. The molecule has 0 bridgehead atoms. The summed E-state index contributed by atoms with van der Waals surface area (Å²) in [6.45, 7) is 1.87. The van der Waals surface area contributed by atoms with Crippen LogP contribution in [0.1, 0.15) is 37.7 Å². The summed E-state index contributed by atoms with van der Waals surface area (Å²) in [4.78, 5) is 34.2. The van der Waals surface area contributed by atoms with Crippen molar-refractivity contribution in [2.75, 3.05) is 19.6 Å². The van der Waals surface area contributed by atoms with Gasteiger partial charge in [-0.15, -0.1) is 0 Å².